The largest absolute Gasteiger partial charge is 0.478 e. The van der Waals surface area contributed by atoms with Crippen LogP contribution in [0.5, 0.6) is 0 Å². The van der Waals surface area contributed by atoms with Gasteiger partial charge in [0.05, 0.1) is 10.8 Å². The summed E-state index contributed by atoms with van der Waals surface area (Å²) in [7, 11) is 1.56. The minimum atomic E-state index is -1.11. The third kappa shape index (κ3) is 3.63. The monoisotopic (exact) mass is 324 g/mol. The fourth-order valence-electron chi connectivity index (χ4n) is 2.13. The van der Waals surface area contributed by atoms with Gasteiger partial charge in [0.1, 0.15) is 5.03 Å². The molecule has 0 aromatic carbocycles. The van der Waals surface area contributed by atoms with Crippen LogP contribution in [0.2, 0.25) is 0 Å². The van der Waals surface area contributed by atoms with Crippen molar-refractivity contribution in [3.63, 3.8) is 0 Å². The van der Waals surface area contributed by atoms with Gasteiger partial charge >= 0.3 is 5.97 Å². The molecule has 0 spiro atoms. The highest BCUT2D eigenvalue weighted by molar-refractivity contribution is 8.00. The van der Waals surface area contributed by atoms with Crippen LogP contribution in [0.1, 0.15) is 23.2 Å². The summed E-state index contributed by atoms with van der Waals surface area (Å²) in [6, 6.07) is 2.95. The first-order chi connectivity index (χ1) is 10.5. The van der Waals surface area contributed by atoms with Crippen molar-refractivity contribution >= 4 is 29.5 Å². The van der Waals surface area contributed by atoms with Gasteiger partial charge in [-0.3, -0.25) is 14.5 Å². The Morgan fingerprint density at radius 1 is 1.55 bits per heavy atom. The molecule has 22 heavy (non-hydrogen) atoms. The topological polar surface area (TPSA) is 96.8 Å². The molecule has 1 saturated heterocycles. The molecule has 7 nitrogen and oxygen atoms in total. The van der Waals surface area contributed by atoms with Crippen LogP contribution in [-0.2, 0) is 14.3 Å². The lowest BCUT2D eigenvalue weighted by Gasteiger charge is -2.14. The molecule has 0 bridgehead atoms. The van der Waals surface area contributed by atoms with Crippen molar-refractivity contribution in [1.82, 2.24) is 9.88 Å². The number of rotatable bonds is 7. The lowest BCUT2D eigenvalue weighted by molar-refractivity contribution is -0.138. The smallest absolute Gasteiger partial charge is 0.338 e. The van der Waals surface area contributed by atoms with Crippen LogP contribution >= 0.6 is 11.8 Å². The number of ether oxygens (including phenoxy) is 1. The number of nitrogens with zero attached hydrogens (tertiary/aromatic N) is 2. The number of thioether (sulfide) groups is 1. The van der Waals surface area contributed by atoms with E-state index < -0.39 is 11.2 Å². The number of aromatic nitrogens is 1. The number of methoxy groups -OCH3 is 1. The number of carboxylic acid groups (broad SMARTS) is 1. The highest BCUT2D eigenvalue weighted by Crippen LogP contribution is 2.32. The molecule has 2 amide bonds. The highest BCUT2D eigenvalue weighted by Gasteiger charge is 2.39. The first kappa shape index (κ1) is 16.4. The molecule has 1 aliphatic heterocycles. The summed E-state index contributed by atoms with van der Waals surface area (Å²) < 4.78 is 4.91. The number of likely N-dealkylation sites (tertiary alicyclic amines) is 1. The Kier molecular flexibility index (Phi) is 5.51. The summed E-state index contributed by atoms with van der Waals surface area (Å²) in [5.41, 5.74) is 0.0329. The summed E-state index contributed by atoms with van der Waals surface area (Å²) in [6.07, 6.45) is 2.10. The molecule has 0 radical (unpaired) electrons. The van der Waals surface area contributed by atoms with Gasteiger partial charge in [-0.2, -0.15) is 0 Å². The Morgan fingerprint density at radius 2 is 2.32 bits per heavy atom. The van der Waals surface area contributed by atoms with E-state index in [1.807, 2.05) is 0 Å². The molecule has 1 aliphatic rings. The zero-order valence-corrected chi connectivity index (χ0v) is 12.8. The summed E-state index contributed by atoms with van der Waals surface area (Å²) in [5, 5.41) is 8.75. The molecule has 2 rings (SSSR count). The number of hydrogen-bond acceptors (Lipinski definition) is 6. The molecule has 118 valence electrons. The molecule has 1 aromatic heterocycles. The Labute approximate surface area is 131 Å². The van der Waals surface area contributed by atoms with E-state index in [0.29, 0.717) is 19.6 Å². The van der Waals surface area contributed by atoms with Crippen molar-refractivity contribution in [2.24, 2.45) is 0 Å². The number of carbonyl (C=O) groups excluding carboxylic acids is 2. The van der Waals surface area contributed by atoms with Crippen LogP contribution in [0.3, 0.4) is 0 Å². The Bertz CT molecular complexity index is 592. The zero-order valence-electron chi connectivity index (χ0n) is 12.0. The minimum Gasteiger partial charge on any atom is -0.478 e. The third-order valence-electron chi connectivity index (χ3n) is 3.19. The second kappa shape index (κ2) is 7.37. The van der Waals surface area contributed by atoms with E-state index in [0.717, 1.165) is 11.8 Å². The minimum absolute atomic E-state index is 0.0329. The maximum atomic E-state index is 12.3. The Balaban J connectivity index is 2.07. The van der Waals surface area contributed by atoms with Gasteiger partial charge in [0, 0.05) is 32.9 Å². The molecule has 1 N–H and O–H groups in total. The van der Waals surface area contributed by atoms with Crippen LogP contribution in [0.25, 0.3) is 0 Å². The van der Waals surface area contributed by atoms with Crippen LogP contribution in [0.15, 0.2) is 23.4 Å². The maximum Gasteiger partial charge on any atom is 0.338 e. The molecule has 1 aromatic rings. The van der Waals surface area contributed by atoms with Gasteiger partial charge in [-0.25, -0.2) is 9.78 Å². The van der Waals surface area contributed by atoms with Gasteiger partial charge in [-0.15, -0.1) is 0 Å². The molecule has 0 aliphatic carbocycles. The van der Waals surface area contributed by atoms with Gasteiger partial charge in [0.15, 0.2) is 0 Å². The van der Waals surface area contributed by atoms with E-state index in [4.69, 9.17) is 9.84 Å². The second-order valence-corrected chi connectivity index (χ2v) is 5.89. The second-order valence-electron chi connectivity index (χ2n) is 4.70. The normalized spacial score (nSPS) is 18.0. The van der Waals surface area contributed by atoms with Crippen LogP contribution in [0, 0.1) is 0 Å². The van der Waals surface area contributed by atoms with Crippen molar-refractivity contribution in [2.75, 3.05) is 20.3 Å². The van der Waals surface area contributed by atoms with E-state index >= 15 is 0 Å². The van der Waals surface area contributed by atoms with Crippen LogP contribution in [0.4, 0.5) is 0 Å². The summed E-state index contributed by atoms with van der Waals surface area (Å²) in [4.78, 5) is 40.5. The van der Waals surface area contributed by atoms with Gasteiger partial charge in [0.2, 0.25) is 11.8 Å². The summed E-state index contributed by atoms with van der Waals surface area (Å²) in [5.74, 6) is -1.65. The van der Waals surface area contributed by atoms with E-state index in [-0.39, 0.29) is 28.8 Å². The standard InChI is InChI=1S/C14H16N2O5S/c1-21-7-3-6-16-11(17)8-10(13(16)18)22-12-9(14(19)20)4-2-5-15-12/h2,4-5,10H,3,6-8H2,1H3,(H,19,20)/t10-/m1/s1. The predicted molar refractivity (Wildman–Crippen MR) is 78.7 cm³/mol. The van der Waals surface area contributed by atoms with Crippen LogP contribution in [-0.4, -0.2) is 58.3 Å². The summed E-state index contributed by atoms with van der Waals surface area (Å²) in [6.45, 7) is 0.787. The lowest BCUT2D eigenvalue weighted by Crippen LogP contribution is -2.32. The fraction of sp³-hybridized carbons (Fsp3) is 0.429. The molecule has 0 saturated carbocycles. The molecule has 1 fully saturated rings. The number of carbonyl (C=O) groups is 3. The highest BCUT2D eigenvalue weighted by atomic mass is 32.2. The van der Waals surface area contributed by atoms with Crippen molar-refractivity contribution in [3.8, 4) is 0 Å². The molecule has 2 heterocycles. The number of imide groups is 1. The number of hydrogen-bond donors (Lipinski definition) is 1. The molecule has 8 heteroatoms. The number of carboxylic acids is 1. The van der Waals surface area contributed by atoms with Crippen LogP contribution < -0.4 is 0 Å². The lowest BCUT2D eigenvalue weighted by atomic mass is 10.3. The molecule has 0 unspecified atom stereocenters. The van der Waals surface area contributed by atoms with Gasteiger partial charge in [-0.05, 0) is 18.6 Å². The maximum absolute atomic E-state index is 12.3. The average molecular weight is 324 g/mol. The SMILES string of the molecule is COCCCN1C(=O)C[C@@H](Sc2ncccc2C(=O)O)C1=O. The number of pyridine rings is 1. The average Bonchev–Trinajstić information content (AvgIpc) is 2.75. The molecular formula is C14H16N2O5S. The fourth-order valence-corrected chi connectivity index (χ4v) is 3.26. The van der Waals surface area contributed by atoms with E-state index in [1.54, 1.807) is 7.11 Å². The Hall–Kier alpha value is -1.93. The van der Waals surface area contributed by atoms with Gasteiger partial charge in [0.25, 0.3) is 0 Å². The van der Waals surface area contributed by atoms with Crippen molar-refractivity contribution in [2.45, 2.75) is 23.1 Å². The quantitative estimate of drug-likeness (QED) is 0.591. The third-order valence-corrected chi connectivity index (χ3v) is 4.39. The Morgan fingerprint density at radius 3 is 3.00 bits per heavy atom. The van der Waals surface area contributed by atoms with Gasteiger partial charge < -0.3 is 9.84 Å². The van der Waals surface area contributed by atoms with E-state index in [9.17, 15) is 14.4 Å². The van der Waals surface area contributed by atoms with E-state index in [2.05, 4.69) is 4.98 Å². The molecule has 1 atom stereocenters. The summed E-state index contributed by atoms with van der Waals surface area (Å²) >= 11 is 1.03. The van der Waals surface area contributed by atoms with Gasteiger partial charge in [-0.1, -0.05) is 11.8 Å². The van der Waals surface area contributed by atoms with Crippen molar-refractivity contribution in [3.05, 3.63) is 23.9 Å². The van der Waals surface area contributed by atoms with E-state index in [1.165, 1.54) is 23.2 Å². The van der Waals surface area contributed by atoms with Crippen molar-refractivity contribution < 1.29 is 24.2 Å². The first-order valence-electron chi connectivity index (χ1n) is 6.72. The zero-order chi connectivity index (χ0) is 16.1. The predicted octanol–water partition coefficient (Wildman–Crippen LogP) is 1.04. The molecular weight excluding hydrogens is 308 g/mol. The number of amides is 2. The number of aromatic carboxylic acids is 1. The first-order valence-corrected chi connectivity index (χ1v) is 7.60. The van der Waals surface area contributed by atoms with Crippen molar-refractivity contribution in [1.29, 1.82) is 0 Å².